The van der Waals surface area contributed by atoms with Crippen molar-refractivity contribution in [1.29, 1.82) is 0 Å². The third kappa shape index (κ3) is 4.03. The molecule has 0 bridgehead atoms. The fourth-order valence-electron chi connectivity index (χ4n) is 2.01. The molecule has 2 aromatic rings. The molecule has 0 aliphatic rings. The summed E-state index contributed by atoms with van der Waals surface area (Å²) in [5.41, 5.74) is -0.230. The van der Waals surface area contributed by atoms with Crippen LogP contribution in [0, 0.1) is 5.82 Å². The Labute approximate surface area is 134 Å². The van der Waals surface area contributed by atoms with E-state index in [0.717, 1.165) is 17.0 Å². The predicted octanol–water partition coefficient (Wildman–Crippen LogP) is 2.66. The molecule has 0 fully saturated rings. The molecule has 0 radical (unpaired) electrons. The number of benzene rings is 1. The summed E-state index contributed by atoms with van der Waals surface area (Å²) in [6.45, 7) is -2.39. The summed E-state index contributed by atoms with van der Waals surface area (Å²) in [4.78, 5) is 25.4. The van der Waals surface area contributed by atoms with E-state index in [1.807, 2.05) is 0 Å². The normalized spacial score (nSPS) is 11.6. The minimum absolute atomic E-state index is 0.230. The van der Waals surface area contributed by atoms with Gasteiger partial charge in [-0.3, -0.25) is 9.59 Å². The maximum absolute atomic E-state index is 13.6. The van der Waals surface area contributed by atoms with Gasteiger partial charge in [0, 0.05) is 19.5 Å². The molecule has 1 aromatic carbocycles. The van der Waals surface area contributed by atoms with E-state index >= 15 is 0 Å². The molecule has 5 nitrogen and oxygen atoms in total. The third-order valence-electron chi connectivity index (χ3n) is 3.19. The van der Waals surface area contributed by atoms with Crippen LogP contribution in [0.1, 0.15) is 10.6 Å². The standard InChI is InChI=1S/C15H14F4N2O3/c1-20(2)12(22)7-21(8-15(17,18)19)14(23)11-6-9-4-3-5-10(16)13(9)24-11/h3-6H,7-8H2,1-2H3. The average molecular weight is 346 g/mol. The van der Waals surface area contributed by atoms with E-state index in [1.165, 1.54) is 26.2 Å². The van der Waals surface area contributed by atoms with Crippen molar-refractivity contribution < 1.29 is 31.6 Å². The van der Waals surface area contributed by atoms with Gasteiger partial charge in [0.25, 0.3) is 5.91 Å². The van der Waals surface area contributed by atoms with Gasteiger partial charge in [0.05, 0.1) is 0 Å². The second kappa shape index (κ2) is 6.50. The Morgan fingerprint density at radius 3 is 2.42 bits per heavy atom. The first kappa shape index (κ1) is 17.8. The van der Waals surface area contributed by atoms with Crippen LogP contribution in [0.4, 0.5) is 17.6 Å². The second-order valence-electron chi connectivity index (χ2n) is 5.33. The molecule has 0 atom stereocenters. The number of para-hydroxylation sites is 1. The van der Waals surface area contributed by atoms with Crippen LogP contribution in [0.5, 0.6) is 0 Å². The second-order valence-corrected chi connectivity index (χ2v) is 5.33. The lowest BCUT2D eigenvalue weighted by atomic mass is 10.2. The molecule has 1 heterocycles. The number of alkyl halides is 3. The van der Waals surface area contributed by atoms with E-state index in [9.17, 15) is 27.2 Å². The number of carbonyl (C=O) groups excluding carboxylic acids is 2. The molecule has 0 aliphatic heterocycles. The molecule has 1 aromatic heterocycles. The number of likely N-dealkylation sites (N-methyl/N-ethyl adjacent to an activating group) is 1. The Bertz CT molecular complexity index is 768. The first-order valence-electron chi connectivity index (χ1n) is 6.82. The van der Waals surface area contributed by atoms with Crippen molar-refractivity contribution >= 4 is 22.8 Å². The Morgan fingerprint density at radius 2 is 1.88 bits per heavy atom. The van der Waals surface area contributed by atoms with Crippen molar-refractivity contribution in [2.45, 2.75) is 6.18 Å². The van der Waals surface area contributed by atoms with Crippen LogP contribution in [-0.2, 0) is 4.79 Å². The molecular weight excluding hydrogens is 332 g/mol. The summed E-state index contributed by atoms with van der Waals surface area (Å²) in [6, 6.07) is 5.08. The summed E-state index contributed by atoms with van der Waals surface area (Å²) in [5.74, 6) is -3.03. The van der Waals surface area contributed by atoms with Gasteiger partial charge in [0.15, 0.2) is 17.2 Å². The number of fused-ring (bicyclic) bond motifs is 1. The Morgan fingerprint density at radius 1 is 1.21 bits per heavy atom. The number of halogens is 4. The molecule has 0 saturated heterocycles. The van der Waals surface area contributed by atoms with Gasteiger partial charge >= 0.3 is 6.18 Å². The largest absolute Gasteiger partial charge is 0.448 e. The van der Waals surface area contributed by atoms with Crippen molar-refractivity contribution in [2.24, 2.45) is 0 Å². The number of hydrogen-bond donors (Lipinski definition) is 0. The summed E-state index contributed by atoms with van der Waals surface area (Å²) in [5, 5.41) is 0.240. The molecule has 0 unspecified atom stereocenters. The molecule has 9 heteroatoms. The third-order valence-corrected chi connectivity index (χ3v) is 3.19. The van der Waals surface area contributed by atoms with Gasteiger partial charge in [-0.25, -0.2) is 4.39 Å². The lowest BCUT2D eigenvalue weighted by Crippen LogP contribution is -2.44. The van der Waals surface area contributed by atoms with Crippen molar-refractivity contribution in [3.63, 3.8) is 0 Å². The molecule has 0 saturated carbocycles. The maximum Gasteiger partial charge on any atom is 0.406 e. The highest BCUT2D eigenvalue weighted by atomic mass is 19.4. The zero-order valence-electron chi connectivity index (χ0n) is 12.9. The van der Waals surface area contributed by atoms with Crippen LogP contribution in [-0.4, -0.2) is 55.0 Å². The summed E-state index contributed by atoms with van der Waals surface area (Å²) in [6.07, 6.45) is -4.69. The van der Waals surface area contributed by atoms with Gasteiger partial charge in [-0.15, -0.1) is 0 Å². The van der Waals surface area contributed by atoms with E-state index < -0.39 is 42.7 Å². The molecule has 0 N–H and O–H groups in total. The fraction of sp³-hybridized carbons (Fsp3) is 0.333. The van der Waals surface area contributed by atoms with Crippen molar-refractivity contribution in [1.82, 2.24) is 9.80 Å². The molecule has 2 rings (SSSR count). The first-order valence-corrected chi connectivity index (χ1v) is 6.82. The van der Waals surface area contributed by atoms with E-state index in [-0.39, 0.29) is 11.0 Å². The monoisotopic (exact) mass is 346 g/mol. The van der Waals surface area contributed by atoms with Gasteiger partial charge in [0.2, 0.25) is 5.91 Å². The van der Waals surface area contributed by atoms with Crippen LogP contribution in [0.25, 0.3) is 11.0 Å². The highest BCUT2D eigenvalue weighted by Crippen LogP contribution is 2.24. The zero-order chi connectivity index (χ0) is 18.1. The van der Waals surface area contributed by atoms with E-state index in [4.69, 9.17) is 4.42 Å². The molecular formula is C15H14F4N2O3. The zero-order valence-corrected chi connectivity index (χ0v) is 12.9. The van der Waals surface area contributed by atoms with Crippen LogP contribution in [0.3, 0.4) is 0 Å². The number of hydrogen-bond acceptors (Lipinski definition) is 3. The van der Waals surface area contributed by atoms with Gasteiger partial charge < -0.3 is 14.2 Å². The minimum Gasteiger partial charge on any atom is -0.448 e. The number of carbonyl (C=O) groups is 2. The average Bonchev–Trinajstić information content (AvgIpc) is 2.89. The topological polar surface area (TPSA) is 53.8 Å². The van der Waals surface area contributed by atoms with E-state index in [1.54, 1.807) is 0 Å². The first-order chi connectivity index (χ1) is 11.1. The highest BCUT2D eigenvalue weighted by Gasteiger charge is 2.35. The summed E-state index contributed by atoms with van der Waals surface area (Å²) < 4.78 is 56.7. The predicted molar refractivity (Wildman–Crippen MR) is 76.8 cm³/mol. The highest BCUT2D eigenvalue weighted by molar-refractivity contribution is 5.97. The molecule has 2 amide bonds. The van der Waals surface area contributed by atoms with Crippen molar-refractivity contribution in [3.05, 3.63) is 35.8 Å². The van der Waals surface area contributed by atoms with Crippen LogP contribution in [0.2, 0.25) is 0 Å². The van der Waals surface area contributed by atoms with Gasteiger partial charge in [-0.05, 0) is 12.1 Å². The smallest absolute Gasteiger partial charge is 0.406 e. The molecule has 24 heavy (non-hydrogen) atoms. The Kier molecular flexibility index (Phi) is 4.81. The van der Waals surface area contributed by atoms with Crippen molar-refractivity contribution in [3.8, 4) is 0 Å². The Hall–Kier alpha value is -2.58. The number of amides is 2. The number of nitrogens with zero attached hydrogens (tertiary/aromatic N) is 2. The van der Waals surface area contributed by atoms with Crippen LogP contribution in [0.15, 0.2) is 28.7 Å². The van der Waals surface area contributed by atoms with Crippen LogP contribution < -0.4 is 0 Å². The Balaban J connectivity index is 2.34. The minimum atomic E-state index is -4.69. The van der Waals surface area contributed by atoms with Crippen LogP contribution >= 0.6 is 0 Å². The SMILES string of the molecule is CN(C)C(=O)CN(CC(F)(F)F)C(=O)c1cc2cccc(F)c2o1. The summed E-state index contributed by atoms with van der Waals surface area (Å²) in [7, 11) is 2.71. The van der Waals surface area contributed by atoms with E-state index in [0.29, 0.717) is 4.90 Å². The number of furan rings is 1. The number of rotatable bonds is 4. The maximum atomic E-state index is 13.6. The quantitative estimate of drug-likeness (QED) is 0.800. The lowest BCUT2D eigenvalue weighted by Gasteiger charge is -2.23. The van der Waals surface area contributed by atoms with Gasteiger partial charge in [-0.2, -0.15) is 13.2 Å². The van der Waals surface area contributed by atoms with Gasteiger partial charge in [0.1, 0.15) is 13.1 Å². The summed E-state index contributed by atoms with van der Waals surface area (Å²) >= 11 is 0. The van der Waals surface area contributed by atoms with E-state index in [2.05, 4.69) is 0 Å². The molecule has 0 aliphatic carbocycles. The molecule has 0 spiro atoms. The lowest BCUT2D eigenvalue weighted by molar-refractivity contribution is -0.146. The fourth-order valence-corrected chi connectivity index (χ4v) is 2.01. The van der Waals surface area contributed by atoms with Crippen molar-refractivity contribution in [2.75, 3.05) is 27.2 Å². The molecule has 130 valence electrons. The van der Waals surface area contributed by atoms with Gasteiger partial charge in [-0.1, -0.05) is 12.1 Å².